The van der Waals surface area contributed by atoms with Crippen molar-refractivity contribution in [3.63, 3.8) is 0 Å². The van der Waals surface area contributed by atoms with E-state index < -0.39 is 4.92 Å². The van der Waals surface area contributed by atoms with Gasteiger partial charge in [-0.25, -0.2) is 4.98 Å². The molecule has 84 valence electrons. The predicted octanol–water partition coefficient (Wildman–Crippen LogP) is 1.33. The number of rotatable bonds is 2. The van der Waals surface area contributed by atoms with Gasteiger partial charge in [-0.05, 0) is 28.1 Å². The molecule has 1 fully saturated rings. The highest BCUT2D eigenvalue weighted by molar-refractivity contribution is 9.10. The van der Waals surface area contributed by atoms with Gasteiger partial charge in [-0.1, -0.05) is 0 Å². The van der Waals surface area contributed by atoms with Crippen LogP contribution in [-0.2, 0) is 0 Å². The van der Waals surface area contributed by atoms with Crippen LogP contribution < -0.4 is 10.2 Å². The first-order valence-electron chi connectivity index (χ1n) is 4.65. The Balaban J connectivity index is 2.26. The second kappa shape index (κ2) is 4.48. The van der Waals surface area contributed by atoms with Gasteiger partial charge in [-0.2, -0.15) is 0 Å². The Morgan fingerprint density at radius 3 is 3.06 bits per heavy atom. The van der Waals surface area contributed by atoms with Crippen LogP contribution in [0.2, 0.25) is 0 Å². The van der Waals surface area contributed by atoms with Crippen molar-refractivity contribution >= 4 is 21.6 Å². The van der Waals surface area contributed by atoms with Gasteiger partial charge in [0.25, 0.3) is 6.20 Å². The summed E-state index contributed by atoms with van der Waals surface area (Å²) < 4.78 is 0.739. The third-order valence-corrected chi connectivity index (χ3v) is 2.65. The molecular weight excluding hydrogens is 276 g/mol. The van der Waals surface area contributed by atoms with Gasteiger partial charge >= 0.3 is 0 Å². The topological polar surface area (TPSA) is 71.3 Å². The Hall–Kier alpha value is -1.63. The minimum atomic E-state index is -0.465. The molecule has 2 rings (SSSR count). The first kappa shape index (κ1) is 10.9. The lowest BCUT2D eigenvalue weighted by Gasteiger charge is -2.16. The number of pyridine rings is 1. The van der Waals surface area contributed by atoms with Crippen LogP contribution in [-0.4, -0.2) is 23.0 Å². The molecule has 7 heteroatoms. The van der Waals surface area contributed by atoms with Crippen molar-refractivity contribution in [2.24, 2.45) is 0 Å². The average Bonchev–Trinajstić information content (AvgIpc) is 2.66. The van der Waals surface area contributed by atoms with Gasteiger partial charge in [0.2, 0.25) is 0 Å². The highest BCUT2D eigenvalue weighted by Crippen LogP contribution is 2.21. The van der Waals surface area contributed by atoms with Crippen molar-refractivity contribution in [2.45, 2.75) is 0 Å². The average molecular weight is 285 g/mol. The highest BCUT2D eigenvalue weighted by atomic mass is 79.9. The number of hydrogen-bond acceptors (Lipinski definition) is 5. The van der Waals surface area contributed by atoms with Crippen LogP contribution in [0.15, 0.2) is 35.0 Å². The first-order chi connectivity index (χ1) is 7.66. The second-order valence-corrected chi connectivity index (χ2v) is 4.03. The number of nitrogens with one attached hydrogen (secondary N) is 1. The van der Waals surface area contributed by atoms with Crippen molar-refractivity contribution in [1.29, 1.82) is 0 Å². The lowest BCUT2D eigenvalue weighted by Crippen LogP contribution is -2.20. The van der Waals surface area contributed by atoms with Crippen LogP contribution in [0, 0.1) is 10.1 Å². The minimum Gasteiger partial charge on any atom is -0.365 e. The molecule has 1 aliphatic rings. The molecule has 0 aliphatic carbocycles. The number of hydrogen-bond donors (Lipinski definition) is 1. The van der Waals surface area contributed by atoms with Gasteiger partial charge in [0, 0.05) is 13.1 Å². The highest BCUT2D eigenvalue weighted by Gasteiger charge is 2.20. The Labute approximate surface area is 100 Å². The smallest absolute Gasteiger partial charge is 0.274 e. The fourth-order valence-corrected chi connectivity index (χ4v) is 1.76. The molecule has 0 unspecified atom stereocenters. The molecule has 2 heterocycles. The molecule has 0 spiro atoms. The summed E-state index contributed by atoms with van der Waals surface area (Å²) in [5.74, 6) is 0.495. The minimum absolute atomic E-state index is 0.465. The van der Waals surface area contributed by atoms with E-state index in [1.165, 1.54) is 0 Å². The van der Waals surface area contributed by atoms with Crippen LogP contribution in [0.4, 0.5) is 5.69 Å². The zero-order valence-electron chi connectivity index (χ0n) is 8.26. The molecule has 0 radical (unpaired) electrons. The van der Waals surface area contributed by atoms with Crippen LogP contribution in [0.5, 0.6) is 0 Å². The Morgan fingerprint density at radius 1 is 1.62 bits per heavy atom. The second-order valence-electron chi connectivity index (χ2n) is 3.22. The molecule has 1 aromatic rings. The lowest BCUT2D eigenvalue weighted by molar-refractivity contribution is -0.403. The van der Waals surface area contributed by atoms with Gasteiger partial charge in [0.15, 0.2) is 5.82 Å². The quantitative estimate of drug-likeness (QED) is 0.504. The fourth-order valence-electron chi connectivity index (χ4n) is 1.52. The van der Waals surface area contributed by atoms with E-state index in [-0.39, 0.29) is 0 Å². The number of halogens is 1. The van der Waals surface area contributed by atoms with E-state index in [0.29, 0.717) is 18.9 Å². The van der Waals surface area contributed by atoms with E-state index in [2.05, 4.69) is 26.2 Å². The van der Waals surface area contributed by atoms with E-state index >= 15 is 0 Å². The molecule has 0 bridgehead atoms. The maximum absolute atomic E-state index is 10.4. The Kier molecular flexibility index (Phi) is 3.04. The van der Waals surface area contributed by atoms with Crippen molar-refractivity contribution in [3.8, 4) is 0 Å². The van der Waals surface area contributed by atoms with Crippen LogP contribution in [0.1, 0.15) is 0 Å². The summed E-state index contributed by atoms with van der Waals surface area (Å²) in [6.45, 7) is 1.39. The third-order valence-electron chi connectivity index (χ3n) is 2.18. The monoisotopic (exact) mass is 284 g/mol. The van der Waals surface area contributed by atoms with Gasteiger partial charge in [-0.3, -0.25) is 10.1 Å². The van der Waals surface area contributed by atoms with Gasteiger partial charge in [0.05, 0.1) is 16.8 Å². The van der Waals surface area contributed by atoms with Crippen LogP contribution in [0.25, 0.3) is 0 Å². The molecule has 0 aromatic carbocycles. The summed E-state index contributed by atoms with van der Waals surface area (Å²) in [7, 11) is 0. The van der Waals surface area contributed by atoms with E-state index in [9.17, 15) is 10.1 Å². The third kappa shape index (κ3) is 2.30. The number of nitro groups is 1. The molecule has 1 aliphatic heterocycles. The molecular formula is C9H9BrN4O2. The first-order valence-corrected chi connectivity index (χ1v) is 5.44. The lowest BCUT2D eigenvalue weighted by atomic mass is 10.4. The predicted molar refractivity (Wildman–Crippen MR) is 62.4 cm³/mol. The summed E-state index contributed by atoms with van der Waals surface area (Å²) in [6, 6.07) is 3.66. The summed E-state index contributed by atoms with van der Waals surface area (Å²) in [5.41, 5.74) is 0.835. The summed E-state index contributed by atoms with van der Waals surface area (Å²) in [4.78, 5) is 15.9. The molecule has 1 N–H and O–H groups in total. The number of nitrogens with zero attached hydrogens (tertiary/aromatic N) is 3. The van der Waals surface area contributed by atoms with Crippen molar-refractivity contribution in [2.75, 3.05) is 18.0 Å². The van der Waals surface area contributed by atoms with Crippen LogP contribution in [0.3, 0.4) is 0 Å². The SMILES string of the molecule is O=[N+]([O-])/C=C1\NCCN1c1ccc(Br)nc1. The molecule has 1 saturated heterocycles. The molecule has 16 heavy (non-hydrogen) atoms. The van der Waals surface area contributed by atoms with Crippen molar-refractivity contribution in [3.05, 3.63) is 45.1 Å². The molecule has 6 nitrogen and oxygen atoms in total. The molecule has 0 amide bonds. The molecule has 1 aromatic heterocycles. The normalized spacial score (nSPS) is 17.6. The summed E-state index contributed by atoms with van der Waals surface area (Å²) in [6.07, 6.45) is 2.64. The fraction of sp³-hybridized carbons (Fsp3) is 0.222. The largest absolute Gasteiger partial charge is 0.365 e. The zero-order chi connectivity index (χ0) is 11.5. The van der Waals surface area contributed by atoms with Crippen molar-refractivity contribution < 1.29 is 4.92 Å². The van der Waals surface area contributed by atoms with E-state index in [1.54, 1.807) is 12.3 Å². The Morgan fingerprint density at radius 2 is 2.44 bits per heavy atom. The zero-order valence-corrected chi connectivity index (χ0v) is 9.85. The van der Waals surface area contributed by atoms with E-state index in [0.717, 1.165) is 16.5 Å². The van der Waals surface area contributed by atoms with Gasteiger partial charge < -0.3 is 10.2 Å². The van der Waals surface area contributed by atoms with E-state index in [1.807, 2.05) is 11.0 Å². The number of anilines is 1. The molecule has 0 saturated carbocycles. The maximum atomic E-state index is 10.4. The van der Waals surface area contributed by atoms with Gasteiger partial charge in [-0.15, -0.1) is 0 Å². The summed E-state index contributed by atoms with van der Waals surface area (Å²) >= 11 is 3.24. The standard InChI is InChI=1S/C9H9BrN4O2/c10-8-2-1-7(5-12-8)13-4-3-11-9(13)6-14(15)16/h1-2,5-6,11H,3-4H2/b9-6+. The molecule has 0 atom stereocenters. The Bertz CT molecular complexity index is 432. The maximum Gasteiger partial charge on any atom is 0.274 e. The van der Waals surface area contributed by atoms with Crippen LogP contribution >= 0.6 is 15.9 Å². The summed E-state index contributed by atoms with van der Waals surface area (Å²) in [5, 5.41) is 13.4. The number of aromatic nitrogens is 1. The van der Waals surface area contributed by atoms with E-state index in [4.69, 9.17) is 0 Å². The van der Waals surface area contributed by atoms with Crippen molar-refractivity contribution in [1.82, 2.24) is 10.3 Å². The van der Waals surface area contributed by atoms with Gasteiger partial charge in [0.1, 0.15) is 4.60 Å².